The van der Waals surface area contributed by atoms with Gasteiger partial charge in [-0.15, -0.1) is 11.8 Å². The lowest BCUT2D eigenvalue weighted by Crippen LogP contribution is -1.89. The van der Waals surface area contributed by atoms with Gasteiger partial charge in [0.05, 0.1) is 0 Å². The first-order valence-corrected chi connectivity index (χ1v) is 5.91. The van der Waals surface area contributed by atoms with Crippen LogP contribution in [-0.2, 0) is 0 Å². The Labute approximate surface area is 89.5 Å². The van der Waals surface area contributed by atoms with Gasteiger partial charge in [-0.1, -0.05) is 18.6 Å². The summed E-state index contributed by atoms with van der Waals surface area (Å²) in [4.78, 5) is 1.16. The molecule has 0 radical (unpaired) electrons. The Hall–Kier alpha value is -0.670. The minimum Gasteiger partial charge on any atom is -0.398 e. The zero-order valence-electron chi connectivity index (χ0n) is 8.28. The average molecular weight is 211 g/mol. The highest BCUT2D eigenvalue weighted by Crippen LogP contribution is 2.25. The van der Waals surface area contributed by atoms with Crippen molar-refractivity contribution in [3.63, 3.8) is 0 Å². The number of hydrogen-bond donors (Lipinski definition) is 2. The van der Waals surface area contributed by atoms with Crippen LogP contribution in [0.15, 0.2) is 29.2 Å². The molecule has 0 saturated carbocycles. The van der Waals surface area contributed by atoms with Crippen molar-refractivity contribution in [2.45, 2.75) is 24.2 Å². The molecular formula is C11H17NOS. The molecule has 0 aliphatic carbocycles. The summed E-state index contributed by atoms with van der Waals surface area (Å²) < 4.78 is 0. The van der Waals surface area contributed by atoms with Gasteiger partial charge in [-0.05, 0) is 30.7 Å². The normalized spacial score (nSPS) is 10.4. The number of nitrogen functional groups attached to an aromatic ring is 1. The van der Waals surface area contributed by atoms with E-state index in [4.69, 9.17) is 10.8 Å². The molecule has 0 heterocycles. The fourth-order valence-corrected chi connectivity index (χ4v) is 2.16. The summed E-state index contributed by atoms with van der Waals surface area (Å²) in [6, 6.07) is 7.93. The Morgan fingerprint density at radius 2 is 1.93 bits per heavy atom. The number of unbranched alkanes of at least 4 members (excludes halogenated alkanes) is 2. The molecular weight excluding hydrogens is 194 g/mol. The molecule has 0 unspecified atom stereocenters. The Balaban J connectivity index is 2.21. The molecule has 0 bridgehead atoms. The highest BCUT2D eigenvalue weighted by atomic mass is 32.2. The van der Waals surface area contributed by atoms with Crippen molar-refractivity contribution < 1.29 is 5.11 Å². The predicted octanol–water partition coefficient (Wildman–Crippen LogP) is 2.52. The van der Waals surface area contributed by atoms with E-state index in [2.05, 4.69) is 0 Å². The van der Waals surface area contributed by atoms with E-state index in [1.165, 1.54) is 0 Å². The summed E-state index contributed by atoms with van der Waals surface area (Å²) in [5.74, 6) is 1.08. The minimum atomic E-state index is 0.304. The first kappa shape index (κ1) is 11.4. The van der Waals surface area contributed by atoms with Crippen molar-refractivity contribution in [1.82, 2.24) is 0 Å². The molecule has 14 heavy (non-hydrogen) atoms. The smallest absolute Gasteiger partial charge is 0.0452 e. The molecule has 0 aliphatic rings. The lowest BCUT2D eigenvalue weighted by Gasteiger charge is -2.04. The van der Waals surface area contributed by atoms with Crippen LogP contribution in [0.3, 0.4) is 0 Å². The lowest BCUT2D eigenvalue weighted by atomic mass is 10.3. The maximum absolute atomic E-state index is 8.60. The monoisotopic (exact) mass is 211 g/mol. The topological polar surface area (TPSA) is 46.2 Å². The van der Waals surface area contributed by atoms with Gasteiger partial charge in [-0.2, -0.15) is 0 Å². The number of hydrogen-bond acceptors (Lipinski definition) is 3. The molecule has 2 nitrogen and oxygen atoms in total. The van der Waals surface area contributed by atoms with Gasteiger partial charge in [0.1, 0.15) is 0 Å². The average Bonchev–Trinajstić information content (AvgIpc) is 2.20. The zero-order chi connectivity index (χ0) is 10.2. The van der Waals surface area contributed by atoms with E-state index in [1.807, 2.05) is 24.3 Å². The second-order valence-electron chi connectivity index (χ2n) is 3.17. The van der Waals surface area contributed by atoms with E-state index in [1.54, 1.807) is 11.8 Å². The molecule has 1 aromatic carbocycles. The first-order chi connectivity index (χ1) is 6.84. The van der Waals surface area contributed by atoms with Gasteiger partial charge in [-0.3, -0.25) is 0 Å². The number of thioether (sulfide) groups is 1. The van der Waals surface area contributed by atoms with Crippen molar-refractivity contribution in [3.8, 4) is 0 Å². The van der Waals surface area contributed by atoms with Crippen LogP contribution in [0, 0.1) is 0 Å². The number of benzene rings is 1. The SMILES string of the molecule is Nc1ccccc1SCCCCCO. The van der Waals surface area contributed by atoms with Crippen molar-refractivity contribution >= 4 is 17.4 Å². The molecule has 0 saturated heterocycles. The molecule has 1 aromatic rings. The second kappa shape index (κ2) is 6.74. The molecule has 3 N–H and O–H groups in total. The molecule has 0 spiro atoms. The van der Waals surface area contributed by atoms with Crippen LogP contribution in [0.5, 0.6) is 0 Å². The molecule has 3 heteroatoms. The van der Waals surface area contributed by atoms with Crippen LogP contribution in [0.25, 0.3) is 0 Å². The predicted molar refractivity (Wildman–Crippen MR) is 62.5 cm³/mol. The first-order valence-electron chi connectivity index (χ1n) is 4.93. The number of anilines is 1. The van der Waals surface area contributed by atoms with Gasteiger partial charge in [0.25, 0.3) is 0 Å². The largest absolute Gasteiger partial charge is 0.398 e. The van der Waals surface area contributed by atoms with E-state index >= 15 is 0 Å². The van der Waals surface area contributed by atoms with Crippen molar-refractivity contribution in [1.29, 1.82) is 0 Å². The summed E-state index contributed by atoms with van der Waals surface area (Å²) in [5, 5.41) is 8.60. The number of nitrogens with two attached hydrogens (primary N) is 1. The van der Waals surface area contributed by atoms with Crippen LogP contribution < -0.4 is 5.73 Å². The van der Waals surface area contributed by atoms with E-state index < -0.39 is 0 Å². The van der Waals surface area contributed by atoms with Gasteiger partial charge >= 0.3 is 0 Å². The number of aliphatic hydroxyl groups excluding tert-OH is 1. The van der Waals surface area contributed by atoms with E-state index in [-0.39, 0.29) is 0 Å². The minimum absolute atomic E-state index is 0.304. The van der Waals surface area contributed by atoms with Gasteiger partial charge in [0.2, 0.25) is 0 Å². The van der Waals surface area contributed by atoms with Crippen molar-refractivity contribution in [2.75, 3.05) is 18.1 Å². The molecule has 0 amide bonds. The van der Waals surface area contributed by atoms with Crippen LogP contribution in [0.2, 0.25) is 0 Å². The molecule has 78 valence electrons. The van der Waals surface area contributed by atoms with Crippen LogP contribution in [0.4, 0.5) is 5.69 Å². The Bertz CT molecular complexity index is 265. The molecule has 0 atom stereocenters. The lowest BCUT2D eigenvalue weighted by molar-refractivity contribution is 0.284. The Morgan fingerprint density at radius 1 is 1.14 bits per heavy atom. The van der Waals surface area contributed by atoms with Gasteiger partial charge in [0.15, 0.2) is 0 Å². The zero-order valence-corrected chi connectivity index (χ0v) is 9.09. The summed E-state index contributed by atoms with van der Waals surface area (Å²) in [5.41, 5.74) is 6.66. The summed E-state index contributed by atoms with van der Waals surface area (Å²) in [6.45, 7) is 0.304. The summed E-state index contributed by atoms with van der Waals surface area (Å²) >= 11 is 1.79. The molecule has 1 rings (SSSR count). The third kappa shape index (κ3) is 4.03. The van der Waals surface area contributed by atoms with Crippen LogP contribution >= 0.6 is 11.8 Å². The maximum atomic E-state index is 8.60. The van der Waals surface area contributed by atoms with E-state index in [0.717, 1.165) is 35.6 Å². The third-order valence-corrected chi connectivity index (χ3v) is 3.15. The molecule has 0 aliphatic heterocycles. The Kier molecular flexibility index (Phi) is 5.49. The number of aliphatic hydroxyl groups is 1. The summed E-state index contributed by atoms with van der Waals surface area (Å²) in [7, 11) is 0. The number of para-hydroxylation sites is 1. The maximum Gasteiger partial charge on any atom is 0.0452 e. The van der Waals surface area contributed by atoms with Gasteiger partial charge in [-0.25, -0.2) is 0 Å². The van der Waals surface area contributed by atoms with Crippen molar-refractivity contribution in [3.05, 3.63) is 24.3 Å². The quantitative estimate of drug-likeness (QED) is 0.432. The highest BCUT2D eigenvalue weighted by molar-refractivity contribution is 7.99. The number of rotatable bonds is 6. The fraction of sp³-hybridized carbons (Fsp3) is 0.455. The fourth-order valence-electron chi connectivity index (χ4n) is 1.18. The standard InChI is InChI=1S/C11H17NOS/c12-10-6-2-3-7-11(10)14-9-5-1-4-8-13/h2-3,6-7,13H,1,4-5,8-9,12H2. The van der Waals surface area contributed by atoms with Crippen molar-refractivity contribution in [2.24, 2.45) is 0 Å². The van der Waals surface area contributed by atoms with E-state index in [0.29, 0.717) is 6.61 Å². The second-order valence-corrected chi connectivity index (χ2v) is 4.31. The van der Waals surface area contributed by atoms with Gasteiger partial charge in [0, 0.05) is 17.2 Å². The molecule has 0 aromatic heterocycles. The van der Waals surface area contributed by atoms with Crippen LogP contribution in [0.1, 0.15) is 19.3 Å². The van der Waals surface area contributed by atoms with E-state index in [9.17, 15) is 0 Å². The Morgan fingerprint density at radius 3 is 2.64 bits per heavy atom. The molecule has 0 fully saturated rings. The van der Waals surface area contributed by atoms with Crippen LogP contribution in [-0.4, -0.2) is 17.5 Å². The summed E-state index contributed by atoms with van der Waals surface area (Å²) in [6.07, 6.45) is 3.14. The third-order valence-electron chi connectivity index (χ3n) is 1.98. The van der Waals surface area contributed by atoms with Gasteiger partial charge < -0.3 is 10.8 Å². The highest BCUT2D eigenvalue weighted by Gasteiger charge is 1.97.